The normalized spacial score (nSPS) is 14.0. The Morgan fingerprint density at radius 2 is 1.55 bits per heavy atom. The minimum absolute atomic E-state index is 0.157. The summed E-state index contributed by atoms with van der Waals surface area (Å²) < 4.78 is 28.4. The van der Waals surface area contributed by atoms with E-state index in [-0.39, 0.29) is 31.2 Å². The van der Waals surface area contributed by atoms with Gasteiger partial charge in [0.25, 0.3) is 0 Å². The summed E-state index contributed by atoms with van der Waals surface area (Å²) in [6, 6.07) is 25.6. The highest BCUT2D eigenvalue weighted by atomic mass is 16.7. The van der Waals surface area contributed by atoms with Crippen LogP contribution in [0.2, 0.25) is 0 Å². The third kappa shape index (κ3) is 6.34. The lowest BCUT2D eigenvalue weighted by Gasteiger charge is -2.27. The van der Waals surface area contributed by atoms with E-state index in [9.17, 15) is 4.79 Å². The summed E-state index contributed by atoms with van der Waals surface area (Å²) >= 11 is 0. The van der Waals surface area contributed by atoms with Crippen LogP contribution in [0.1, 0.15) is 29.0 Å². The van der Waals surface area contributed by atoms with Gasteiger partial charge in [-0.05, 0) is 28.8 Å². The lowest BCUT2D eigenvalue weighted by Crippen LogP contribution is -2.30. The van der Waals surface area contributed by atoms with Crippen molar-refractivity contribution in [2.45, 2.75) is 31.7 Å². The van der Waals surface area contributed by atoms with E-state index < -0.39 is 0 Å². The van der Waals surface area contributed by atoms with E-state index >= 15 is 0 Å². The second-order valence-corrected chi connectivity index (χ2v) is 7.84. The Kier molecular flexibility index (Phi) is 7.95. The molecule has 0 aromatic heterocycles. The standard InChI is InChI=1S/C27H28O6/c1-29-27(28)15-23(22-12-13-24-25(14-22)33-19-32-24)26(31-17-21-10-6-3-7-11-21)18-30-16-20-8-4-2-5-9-20/h2-14,23,26H,15-19H2,1H3/t23-,26-/m1/s1. The van der Waals surface area contributed by atoms with Gasteiger partial charge in [0.05, 0.1) is 39.5 Å². The summed E-state index contributed by atoms with van der Waals surface area (Å²) in [5.41, 5.74) is 3.03. The molecule has 3 aromatic carbocycles. The molecular formula is C27H28O6. The van der Waals surface area contributed by atoms with Gasteiger partial charge in [-0.2, -0.15) is 0 Å². The van der Waals surface area contributed by atoms with Crippen LogP contribution in [-0.4, -0.2) is 32.6 Å². The van der Waals surface area contributed by atoms with E-state index in [1.807, 2.05) is 78.9 Å². The van der Waals surface area contributed by atoms with Gasteiger partial charge in [-0.1, -0.05) is 66.7 Å². The average Bonchev–Trinajstić information content (AvgIpc) is 3.34. The molecule has 2 atom stereocenters. The highest BCUT2D eigenvalue weighted by Gasteiger charge is 2.29. The zero-order chi connectivity index (χ0) is 22.9. The lowest BCUT2D eigenvalue weighted by atomic mass is 9.90. The van der Waals surface area contributed by atoms with E-state index in [1.54, 1.807) is 0 Å². The average molecular weight is 449 g/mol. The van der Waals surface area contributed by atoms with Crippen LogP contribution >= 0.6 is 0 Å². The number of benzene rings is 3. The van der Waals surface area contributed by atoms with Crippen LogP contribution in [0.4, 0.5) is 0 Å². The van der Waals surface area contributed by atoms with Crippen molar-refractivity contribution in [3.8, 4) is 11.5 Å². The predicted octanol–water partition coefficient (Wildman–Crippen LogP) is 4.86. The molecule has 0 amide bonds. The van der Waals surface area contributed by atoms with Crippen molar-refractivity contribution in [3.05, 3.63) is 95.6 Å². The molecule has 1 aliphatic heterocycles. The molecule has 0 aliphatic carbocycles. The summed E-state index contributed by atoms with van der Waals surface area (Å²) in [6.07, 6.45) is -0.224. The molecule has 6 heteroatoms. The minimum atomic E-state index is -0.381. The molecule has 0 unspecified atom stereocenters. The van der Waals surface area contributed by atoms with Crippen LogP contribution in [0.3, 0.4) is 0 Å². The maximum atomic E-state index is 12.3. The van der Waals surface area contributed by atoms with Crippen LogP contribution in [-0.2, 0) is 32.2 Å². The van der Waals surface area contributed by atoms with Gasteiger partial charge < -0.3 is 23.7 Å². The Labute approximate surface area is 194 Å². The zero-order valence-electron chi connectivity index (χ0n) is 18.6. The lowest BCUT2D eigenvalue weighted by molar-refractivity contribution is -0.142. The van der Waals surface area contributed by atoms with Gasteiger partial charge in [0.2, 0.25) is 6.79 Å². The van der Waals surface area contributed by atoms with E-state index in [4.69, 9.17) is 23.7 Å². The fraction of sp³-hybridized carbons (Fsp3) is 0.296. The van der Waals surface area contributed by atoms with Crippen molar-refractivity contribution in [2.24, 2.45) is 0 Å². The number of carbonyl (C=O) groups excluding carboxylic acids is 1. The topological polar surface area (TPSA) is 63.2 Å². The number of fused-ring (bicyclic) bond motifs is 1. The Bertz CT molecular complexity index is 1020. The van der Waals surface area contributed by atoms with Crippen LogP contribution in [0, 0.1) is 0 Å². The summed E-state index contributed by atoms with van der Waals surface area (Å²) in [4.78, 5) is 12.3. The zero-order valence-corrected chi connectivity index (χ0v) is 18.6. The maximum absolute atomic E-state index is 12.3. The minimum Gasteiger partial charge on any atom is -0.469 e. The van der Waals surface area contributed by atoms with Gasteiger partial charge in [-0.3, -0.25) is 4.79 Å². The number of esters is 1. The van der Waals surface area contributed by atoms with Crippen molar-refractivity contribution in [1.82, 2.24) is 0 Å². The first-order valence-electron chi connectivity index (χ1n) is 11.0. The first kappa shape index (κ1) is 22.8. The molecule has 0 saturated carbocycles. The van der Waals surface area contributed by atoms with Crippen LogP contribution in [0.15, 0.2) is 78.9 Å². The first-order valence-corrected chi connectivity index (χ1v) is 11.0. The first-order chi connectivity index (χ1) is 16.2. The number of carbonyl (C=O) groups is 1. The predicted molar refractivity (Wildman–Crippen MR) is 123 cm³/mol. The van der Waals surface area contributed by atoms with E-state index in [0.29, 0.717) is 31.3 Å². The van der Waals surface area contributed by atoms with Gasteiger partial charge in [-0.25, -0.2) is 0 Å². The fourth-order valence-electron chi connectivity index (χ4n) is 3.80. The SMILES string of the molecule is COC(=O)C[C@H](c1ccc2c(c1)OCO2)[C@@H](COCc1ccccc1)OCc1ccccc1. The molecule has 1 aliphatic rings. The smallest absolute Gasteiger partial charge is 0.306 e. The third-order valence-electron chi connectivity index (χ3n) is 5.59. The van der Waals surface area contributed by atoms with Gasteiger partial charge in [0.1, 0.15) is 0 Å². The van der Waals surface area contributed by atoms with Crippen molar-refractivity contribution < 1.29 is 28.5 Å². The summed E-state index contributed by atoms with van der Waals surface area (Å²) in [5.74, 6) is 0.757. The Balaban J connectivity index is 1.55. The molecule has 1 heterocycles. The quantitative estimate of drug-likeness (QED) is 0.390. The summed E-state index contributed by atoms with van der Waals surface area (Å²) in [5, 5.41) is 0. The van der Waals surface area contributed by atoms with Crippen LogP contribution < -0.4 is 9.47 Å². The van der Waals surface area contributed by atoms with Crippen molar-refractivity contribution in [1.29, 1.82) is 0 Å². The Hall–Kier alpha value is -3.35. The van der Waals surface area contributed by atoms with E-state index in [2.05, 4.69) is 0 Å². The number of hydrogen-bond acceptors (Lipinski definition) is 6. The van der Waals surface area contributed by atoms with Crippen LogP contribution in [0.5, 0.6) is 11.5 Å². The second kappa shape index (κ2) is 11.5. The molecule has 0 spiro atoms. The molecule has 33 heavy (non-hydrogen) atoms. The van der Waals surface area contributed by atoms with Gasteiger partial charge in [-0.15, -0.1) is 0 Å². The molecule has 0 bridgehead atoms. The molecule has 3 aromatic rings. The number of ether oxygens (including phenoxy) is 5. The van der Waals surface area contributed by atoms with Crippen molar-refractivity contribution >= 4 is 5.97 Å². The number of rotatable bonds is 11. The van der Waals surface area contributed by atoms with Crippen molar-refractivity contribution in [3.63, 3.8) is 0 Å². The Morgan fingerprint density at radius 3 is 2.24 bits per heavy atom. The largest absolute Gasteiger partial charge is 0.469 e. The van der Waals surface area contributed by atoms with E-state index in [0.717, 1.165) is 16.7 Å². The molecule has 0 radical (unpaired) electrons. The molecule has 4 rings (SSSR count). The molecule has 0 N–H and O–H groups in total. The number of hydrogen-bond donors (Lipinski definition) is 0. The van der Waals surface area contributed by atoms with Crippen molar-refractivity contribution in [2.75, 3.05) is 20.5 Å². The van der Waals surface area contributed by atoms with E-state index in [1.165, 1.54) is 7.11 Å². The maximum Gasteiger partial charge on any atom is 0.306 e. The number of methoxy groups -OCH3 is 1. The molecule has 0 fully saturated rings. The molecule has 0 saturated heterocycles. The van der Waals surface area contributed by atoms with Gasteiger partial charge in [0, 0.05) is 5.92 Å². The highest BCUT2D eigenvalue weighted by molar-refractivity contribution is 5.70. The molecular weight excluding hydrogens is 420 g/mol. The summed E-state index contributed by atoms with van der Waals surface area (Å²) in [6.45, 7) is 1.37. The highest BCUT2D eigenvalue weighted by Crippen LogP contribution is 2.37. The monoisotopic (exact) mass is 448 g/mol. The van der Waals surface area contributed by atoms with Gasteiger partial charge in [0.15, 0.2) is 11.5 Å². The van der Waals surface area contributed by atoms with Gasteiger partial charge >= 0.3 is 5.97 Å². The second-order valence-electron chi connectivity index (χ2n) is 7.84. The van der Waals surface area contributed by atoms with Crippen LogP contribution in [0.25, 0.3) is 0 Å². The fourth-order valence-corrected chi connectivity index (χ4v) is 3.80. The molecule has 6 nitrogen and oxygen atoms in total. The summed E-state index contributed by atoms with van der Waals surface area (Å²) in [7, 11) is 1.39. The third-order valence-corrected chi connectivity index (χ3v) is 5.59. The molecule has 172 valence electrons. The Morgan fingerprint density at radius 1 is 0.879 bits per heavy atom.